The molecular weight excluding hydrogens is 628 g/mol. The van der Waals surface area contributed by atoms with E-state index in [0.717, 1.165) is 38.5 Å². The van der Waals surface area contributed by atoms with Crippen molar-refractivity contribution in [3.8, 4) is 0 Å². The third-order valence-corrected chi connectivity index (χ3v) is 8.43. The Morgan fingerprint density at radius 1 is 0.404 bits per heavy atom. The van der Waals surface area contributed by atoms with E-state index >= 15 is 0 Å². The zero-order valence-electron chi connectivity index (χ0n) is 31.6. The summed E-state index contributed by atoms with van der Waals surface area (Å²) in [5.41, 5.74) is 0. The van der Waals surface area contributed by atoms with Crippen molar-refractivity contribution in [3.63, 3.8) is 0 Å². The van der Waals surface area contributed by atoms with Gasteiger partial charge in [-0.3, -0.25) is 0 Å². The molecule has 0 unspecified atom stereocenters. The first kappa shape index (κ1) is 52.9. The van der Waals surface area contributed by atoms with Gasteiger partial charge in [0.1, 0.15) is 0 Å². The molecule has 0 aromatic heterocycles. The van der Waals surface area contributed by atoms with Crippen molar-refractivity contribution in [2.24, 2.45) is 0 Å². The normalized spacial score (nSPS) is 10.3. The van der Waals surface area contributed by atoms with Crippen LogP contribution in [0.2, 0.25) is 0 Å². The number of hydrogen-bond donors (Lipinski definition) is 0. The molecule has 0 N–H and O–H groups in total. The zero-order valence-corrected chi connectivity index (χ0v) is 33.2. The van der Waals surface area contributed by atoms with Crippen LogP contribution in [0.3, 0.4) is 0 Å². The summed E-state index contributed by atoms with van der Waals surface area (Å²) in [6.07, 6.45) is 33.9. The topological polar surface area (TPSA) is 130 Å². The van der Waals surface area contributed by atoms with Crippen molar-refractivity contribution in [1.29, 1.82) is 0 Å². The van der Waals surface area contributed by atoms with Gasteiger partial charge in [0.05, 0.1) is 0 Å². The maximum atomic E-state index is 10.1. The molecule has 0 atom stereocenters. The fourth-order valence-corrected chi connectivity index (χ4v) is 4.74. The van der Waals surface area contributed by atoms with Gasteiger partial charge in [-0.2, -0.15) is 0 Å². The Bertz CT molecular complexity index is 538. The maximum Gasteiger partial charge on any atom is 0.0414 e. The Kier molecular flexibility index (Phi) is 55.7. The average molecular weight is 705 g/mol. The number of unbranched alkanes of at least 4 members (excludes halogenated alkanes) is 24. The van der Waals surface area contributed by atoms with Gasteiger partial charge in [0.15, 0.2) is 0 Å². The van der Waals surface area contributed by atoms with E-state index in [1.807, 2.05) is 13.8 Å². The maximum absolute atomic E-state index is 10.1. The van der Waals surface area contributed by atoms with Crippen molar-refractivity contribution < 1.29 is 53.8 Å². The van der Waals surface area contributed by atoms with Gasteiger partial charge in [0, 0.05) is 17.9 Å². The zero-order chi connectivity index (χ0) is 36.2. The molecule has 0 heterocycles. The van der Waals surface area contributed by atoms with Crippen LogP contribution in [0, 0.1) is 0 Å². The molecule has 0 bridgehead atoms. The number of aliphatic carboxylic acids is 3. The Labute approximate surface area is 304 Å². The monoisotopic (exact) mass is 705 g/mol. The quantitative estimate of drug-likeness (QED) is 0.0521. The number of hydrogen-bond acceptors (Lipinski definition) is 7. The molecule has 0 fully saturated rings. The summed E-state index contributed by atoms with van der Waals surface area (Å²) < 4.78 is 4.75. The van der Waals surface area contributed by atoms with Crippen molar-refractivity contribution in [1.82, 2.24) is 0 Å². The Hall–Kier alpha value is -0.916. The molecule has 0 aromatic carbocycles. The number of carboxylic acids is 3. The SMILES string of the molecule is CC(C)[O][Ti+3].CCCCCCCCCCCC(=O)[O-].CCCCCCCCCCCC(=O)[O-].CCCCCCCCCCCC(=O)[O-]. The summed E-state index contributed by atoms with van der Waals surface area (Å²) in [5, 5.41) is 30.3. The molecule has 0 aliphatic heterocycles. The molecule has 0 spiro atoms. The minimum absolute atomic E-state index is 0.232. The van der Waals surface area contributed by atoms with Crippen LogP contribution in [0.25, 0.3) is 0 Å². The standard InChI is InChI=1S/3C12H24O2.C3H7O.Ti/c3*1-2-3-4-5-6-7-8-9-10-11-12(13)14;1-3(2)4;/h3*2-11H2,1H3,(H,13,14);3H,1-2H3;/q;;;-1;+4/p-3. The predicted molar refractivity (Wildman–Crippen MR) is 187 cm³/mol. The largest absolute Gasteiger partial charge is 0.550 e. The molecule has 8 heteroatoms. The van der Waals surface area contributed by atoms with Crippen molar-refractivity contribution >= 4 is 17.9 Å². The average Bonchev–Trinajstić information content (AvgIpc) is 3.03. The summed E-state index contributed by atoms with van der Waals surface area (Å²) in [6, 6.07) is 0. The van der Waals surface area contributed by atoms with Gasteiger partial charge in [-0.15, -0.1) is 0 Å². The second kappa shape index (κ2) is 49.5. The van der Waals surface area contributed by atoms with Crippen LogP contribution >= 0.6 is 0 Å². The van der Waals surface area contributed by atoms with E-state index in [4.69, 9.17) is 3.32 Å². The van der Waals surface area contributed by atoms with Gasteiger partial charge >= 0.3 is 44.1 Å². The van der Waals surface area contributed by atoms with Crippen molar-refractivity contribution in [3.05, 3.63) is 0 Å². The first-order valence-corrected chi connectivity index (χ1v) is 20.1. The third-order valence-electron chi connectivity index (χ3n) is 7.69. The van der Waals surface area contributed by atoms with Crippen LogP contribution in [0.15, 0.2) is 0 Å². The van der Waals surface area contributed by atoms with Crippen LogP contribution < -0.4 is 15.3 Å². The van der Waals surface area contributed by atoms with E-state index in [1.54, 1.807) is 20.8 Å². The minimum Gasteiger partial charge on any atom is -0.550 e. The molecule has 0 aromatic rings. The smallest absolute Gasteiger partial charge is 0.0414 e. The first-order chi connectivity index (χ1) is 22.6. The Morgan fingerprint density at radius 2 is 0.553 bits per heavy atom. The summed E-state index contributed by atoms with van der Waals surface area (Å²) in [6.45, 7) is 10.7. The molecule has 7 nitrogen and oxygen atoms in total. The number of carbonyl (C=O) groups excluding carboxylic acids is 3. The number of carboxylic acid groups (broad SMARTS) is 3. The van der Waals surface area contributed by atoms with Crippen molar-refractivity contribution in [2.75, 3.05) is 0 Å². The van der Waals surface area contributed by atoms with Gasteiger partial charge in [0.25, 0.3) is 0 Å². The minimum atomic E-state index is -0.909. The van der Waals surface area contributed by atoms with Gasteiger partial charge < -0.3 is 29.7 Å². The van der Waals surface area contributed by atoms with E-state index in [9.17, 15) is 29.7 Å². The van der Waals surface area contributed by atoms with E-state index in [0.29, 0.717) is 6.10 Å². The van der Waals surface area contributed by atoms with Crippen LogP contribution in [0.5, 0.6) is 0 Å². The van der Waals surface area contributed by atoms with E-state index in [1.165, 1.54) is 135 Å². The summed E-state index contributed by atoms with van der Waals surface area (Å²) in [5.74, 6) is -2.73. The van der Waals surface area contributed by atoms with Gasteiger partial charge in [-0.1, -0.05) is 175 Å². The summed E-state index contributed by atoms with van der Waals surface area (Å²) in [7, 11) is 0. The molecule has 0 radical (unpaired) electrons. The molecule has 47 heavy (non-hydrogen) atoms. The fourth-order valence-electron chi connectivity index (χ4n) is 4.74. The Balaban J connectivity index is -0.000000275. The van der Waals surface area contributed by atoms with Gasteiger partial charge in [-0.05, 0) is 38.5 Å². The second-order valence-electron chi connectivity index (χ2n) is 13.0. The fraction of sp³-hybridized carbons (Fsp3) is 0.923. The molecule has 278 valence electrons. The number of rotatable bonds is 31. The third kappa shape index (κ3) is 72.0. The molecule has 0 aliphatic carbocycles. The van der Waals surface area contributed by atoms with Gasteiger partial charge in [-0.25, -0.2) is 0 Å². The second-order valence-corrected chi connectivity index (χ2v) is 13.4. The summed E-state index contributed by atoms with van der Waals surface area (Å²) >= 11 is 1.70. The van der Waals surface area contributed by atoms with E-state index in [-0.39, 0.29) is 19.3 Å². The molecule has 0 rings (SSSR count). The molecule has 0 aliphatic rings. The summed E-state index contributed by atoms with van der Waals surface area (Å²) in [4.78, 5) is 30.3. The Morgan fingerprint density at radius 3 is 0.681 bits per heavy atom. The molecule has 0 saturated carbocycles. The van der Waals surface area contributed by atoms with Crippen LogP contribution in [-0.4, -0.2) is 24.0 Å². The van der Waals surface area contributed by atoms with Crippen LogP contribution in [0.4, 0.5) is 0 Å². The molecule has 0 saturated heterocycles. The van der Waals surface area contributed by atoms with E-state index in [2.05, 4.69) is 20.8 Å². The predicted octanol–water partition coefficient (Wildman–Crippen LogP) is 8.84. The molecular formula is C39H76O7Ti. The first-order valence-electron chi connectivity index (χ1n) is 19.5. The molecule has 0 amide bonds. The van der Waals surface area contributed by atoms with Crippen LogP contribution in [0.1, 0.15) is 227 Å². The van der Waals surface area contributed by atoms with Crippen LogP contribution in [-0.2, 0) is 38.5 Å². The number of carbonyl (C=O) groups is 3. The van der Waals surface area contributed by atoms with Gasteiger partial charge in [0.2, 0.25) is 0 Å². The van der Waals surface area contributed by atoms with E-state index < -0.39 is 17.9 Å². The van der Waals surface area contributed by atoms with Crippen molar-refractivity contribution in [2.45, 2.75) is 233 Å².